The molecule has 3 aromatic rings. The molecule has 0 spiro atoms. The van der Waals surface area contributed by atoms with Gasteiger partial charge in [-0.2, -0.15) is 4.98 Å². The lowest BCUT2D eigenvalue weighted by atomic mass is 10.1. The Kier molecular flexibility index (Phi) is 5.57. The minimum Gasteiger partial charge on any atom is -0.485 e. The van der Waals surface area contributed by atoms with Gasteiger partial charge in [0.15, 0.2) is 6.61 Å². The topological polar surface area (TPSA) is 98.3 Å². The third-order valence-corrected chi connectivity index (χ3v) is 4.94. The molecule has 29 heavy (non-hydrogen) atoms. The molecule has 1 atom stereocenters. The van der Waals surface area contributed by atoms with Crippen LogP contribution in [0.3, 0.4) is 0 Å². The number of nitrogens with one attached hydrogen (secondary N) is 1. The van der Waals surface area contributed by atoms with Crippen LogP contribution in [0.1, 0.15) is 40.9 Å². The monoisotopic (exact) mass is 396 g/mol. The number of rotatable bonds is 6. The number of carbonyl (C=O) groups is 1. The molecule has 0 aliphatic carbocycles. The normalized spacial score (nSPS) is 16.8. The number of aromatic nitrogens is 4. The number of hydrogen-bond donors (Lipinski definition) is 1. The van der Waals surface area contributed by atoms with Gasteiger partial charge in [0.05, 0.1) is 0 Å². The molecule has 0 saturated carbocycles. The molecule has 1 fully saturated rings. The molecule has 0 radical (unpaired) electrons. The Morgan fingerprint density at radius 2 is 2.17 bits per heavy atom. The van der Waals surface area contributed by atoms with Crippen LogP contribution in [0.5, 0.6) is 5.75 Å². The molecule has 1 aliphatic heterocycles. The number of amides is 1. The van der Waals surface area contributed by atoms with Crippen LogP contribution in [-0.2, 0) is 20.1 Å². The number of hydrogen-bond acceptors (Lipinski definition) is 7. The Morgan fingerprint density at radius 3 is 2.86 bits per heavy atom. The minimum atomic E-state index is -0.0989. The first kappa shape index (κ1) is 19.1. The highest BCUT2D eigenvalue weighted by Crippen LogP contribution is 2.23. The molecule has 9 heteroatoms. The summed E-state index contributed by atoms with van der Waals surface area (Å²) in [7, 11) is 1.94. The van der Waals surface area contributed by atoms with Gasteiger partial charge in [-0.1, -0.05) is 12.1 Å². The highest BCUT2D eigenvalue weighted by Gasteiger charge is 2.31. The van der Waals surface area contributed by atoms with Crippen molar-refractivity contribution in [3.05, 3.63) is 59.8 Å². The van der Waals surface area contributed by atoms with Gasteiger partial charge in [0.25, 0.3) is 5.91 Å². The summed E-state index contributed by atoms with van der Waals surface area (Å²) in [5.41, 5.74) is 0.617. The number of nitrogens with zero attached hydrogens (tertiary/aromatic N) is 5. The first-order valence-corrected chi connectivity index (χ1v) is 9.69. The maximum absolute atomic E-state index is 13.1. The molecule has 0 bridgehead atoms. The largest absolute Gasteiger partial charge is 0.485 e. The summed E-state index contributed by atoms with van der Waals surface area (Å²) in [4.78, 5) is 23.6. The zero-order chi connectivity index (χ0) is 20.2. The average molecular weight is 396 g/mol. The maximum Gasteiger partial charge on any atom is 0.254 e. The number of aryl methyl sites for hydroxylation is 2. The summed E-state index contributed by atoms with van der Waals surface area (Å²) in [5, 5.41) is 7.21. The number of piperazine rings is 1. The van der Waals surface area contributed by atoms with E-state index in [-0.39, 0.29) is 18.6 Å². The highest BCUT2D eigenvalue weighted by atomic mass is 16.5. The number of ether oxygens (including phenoxy) is 1. The predicted octanol–water partition coefficient (Wildman–Crippen LogP) is 1.73. The van der Waals surface area contributed by atoms with Crippen molar-refractivity contribution < 1.29 is 14.1 Å². The average Bonchev–Trinajstić information content (AvgIpc) is 3.41. The van der Waals surface area contributed by atoms with E-state index in [1.165, 1.54) is 0 Å². The second-order valence-electron chi connectivity index (χ2n) is 6.89. The second kappa shape index (κ2) is 8.44. The van der Waals surface area contributed by atoms with Gasteiger partial charge < -0.3 is 24.0 Å². The summed E-state index contributed by atoms with van der Waals surface area (Å²) in [6, 6.07) is 7.03. The quantitative estimate of drug-likeness (QED) is 0.677. The molecule has 4 rings (SSSR count). The third-order valence-electron chi connectivity index (χ3n) is 4.94. The molecule has 9 nitrogen and oxygen atoms in total. The van der Waals surface area contributed by atoms with Gasteiger partial charge >= 0.3 is 0 Å². The molecular formula is C20H24N6O3. The van der Waals surface area contributed by atoms with E-state index < -0.39 is 0 Å². The van der Waals surface area contributed by atoms with Crippen LogP contribution in [0.4, 0.5) is 0 Å². The van der Waals surface area contributed by atoms with Crippen molar-refractivity contribution in [3.63, 3.8) is 0 Å². The molecule has 1 amide bonds. The molecular weight excluding hydrogens is 372 g/mol. The number of benzene rings is 1. The van der Waals surface area contributed by atoms with Crippen LogP contribution in [-0.4, -0.2) is 50.1 Å². The van der Waals surface area contributed by atoms with Crippen molar-refractivity contribution in [2.75, 3.05) is 19.6 Å². The molecule has 1 aliphatic rings. The fourth-order valence-electron chi connectivity index (χ4n) is 3.38. The summed E-state index contributed by atoms with van der Waals surface area (Å²) in [6.07, 6.45) is 4.34. The van der Waals surface area contributed by atoms with Gasteiger partial charge in [-0.05, 0) is 24.3 Å². The van der Waals surface area contributed by atoms with E-state index in [1.807, 2.05) is 29.6 Å². The first-order valence-electron chi connectivity index (χ1n) is 9.69. The third kappa shape index (κ3) is 4.14. The molecule has 2 aromatic heterocycles. The molecule has 1 saturated heterocycles. The summed E-state index contributed by atoms with van der Waals surface area (Å²) in [6.45, 7) is 4.24. The van der Waals surface area contributed by atoms with Crippen molar-refractivity contribution in [3.8, 4) is 5.75 Å². The van der Waals surface area contributed by atoms with Crippen LogP contribution >= 0.6 is 0 Å². The fraction of sp³-hybridized carbons (Fsp3) is 0.400. The highest BCUT2D eigenvalue weighted by molar-refractivity contribution is 5.94. The Hall–Kier alpha value is -3.20. The lowest BCUT2D eigenvalue weighted by Gasteiger charge is -2.35. The first-order chi connectivity index (χ1) is 14.2. The van der Waals surface area contributed by atoms with Crippen molar-refractivity contribution in [1.29, 1.82) is 0 Å². The van der Waals surface area contributed by atoms with E-state index in [2.05, 4.69) is 20.4 Å². The van der Waals surface area contributed by atoms with Crippen molar-refractivity contribution >= 4 is 5.91 Å². The lowest BCUT2D eigenvalue weighted by Crippen LogP contribution is -2.49. The van der Waals surface area contributed by atoms with Crippen molar-refractivity contribution in [1.82, 2.24) is 29.9 Å². The van der Waals surface area contributed by atoms with Gasteiger partial charge in [-0.15, -0.1) is 0 Å². The Labute approximate surface area is 168 Å². The molecule has 1 N–H and O–H groups in total. The molecule has 152 valence electrons. The fourth-order valence-corrected chi connectivity index (χ4v) is 3.38. The Balaban J connectivity index is 1.43. The van der Waals surface area contributed by atoms with E-state index in [4.69, 9.17) is 9.26 Å². The van der Waals surface area contributed by atoms with Crippen LogP contribution in [0.15, 0.2) is 41.2 Å². The SMILES string of the molecule is CCc1nc(COc2ccc(C(=O)N3CCNCC3c3nccn3C)cc2)no1. The standard InChI is InChI=1S/C20H24N6O3/c1-3-18-23-17(24-29-18)13-28-15-6-4-14(5-7-15)20(27)26-11-8-21-12-16(26)19-22-9-10-25(19)2/h4-7,9-10,16,21H,3,8,11-13H2,1-2H3. The van der Waals surface area contributed by atoms with E-state index in [0.29, 0.717) is 42.5 Å². The van der Waals surface area contributed by atoms with Gasteiger partial charge in [0.2, 0.25) is 11.7 Å². The van der Waals surface area contributed by atoms with Gasteiger partial charge in [0.1, 0.15) is 17.6 Å². The lowest BCUT2D eigenvalue weighted by molar-refractivity contribution is 0.0621. The summed E-state index contributed by atoms with van der Waals surface area (Å²) < 4.78 is 12.7. The van der Waals surface area contributed by atoms with Gasteiger partial charge in [-0.25, -0.2) is 4.98 Å². The second-order valence-corrected chi connectivity index (χ2v) is 6.89. The zero-order valence-electron chi connectivity index (χ0n) is 16.5. The van der Waals surface area contributed by atoms with E-state index in [9.17, 15) is 4.79 Å². The summed E-state index contributed by atoms with van der Waals surface area (Å²) >= 11 is 0. The Morgan fingerprint density at radius 1 is 1.34 bits per heavy atom. The van der Waals surface area contributed by atoms with Crippen molar-refractivity contribution in [2.45, 2.75) is 26.0 Å². The smallest absolute Gasteiger partial charge is 0.254 e. The van der Waals surface area contributed by atoms with Crippen LogP contribution in [0, 0.1) is 0 Å². The molecule has 1 unspecified atom stereocenters. The maximum atomic E-state index is 13.1. The Bertz CT molecular complexity index is 965. The van der Waals surface area contributed by atoms with E-state index in [1.54, 1.807) is 30.5 Å². The van der Waals surface area contributed by atoms with E-state index >= 15 is 0 Å². The van der Waals surface area contributed by atoms with E-state index in [0.717, 1.165) is 12.4 Å². The molecule has 3 heterocycles. The predicted molar refractivity (Wildman–Crippen MR) is 104 cm³/mol. The summed E-state index contributed by atoms with van der Waals surface area (Å²) in [5.74, 6) is 2.59. The minimum absolute atomic E-state index is 0.0168. The number of imidazole rings is 1. The van der Waals surface area contributed by atoms with Crippen LogP contribution < -0.4 is 10.1 Å². The van der Waals surface area contributed by atoms with Crippen LogP contribution in [0.25, 0.3) is 0 Å². The van der Waals surface area contributed by atoms with Crippen molar-refractivity contribution in [2.24, 2.45) is 7.05 Å². The van der Waals surface area contributed by atoms with Gasteiger partial charge in [-0.3, -0.25) is 4.79 Å². The zero-order valence-corrected chi connectivity index (χ0v) is 16.5. The number of carbonyl (C=O) groups excluding carboxylic acids is 1. The van der Waals surface area contributed by atoms with Gasteiger partial charge in [0, 0.05) is 51.1 Å². The molecule has 1 aromatic carbocycles. The van der Waals surface area contributed by atoms with Crippen LogP contribution in [0.2, 0.25) is 0 Å².